The fourth-order valence-corrected chi connectivity index (χ4v) is 4.76. The zero-order valence-electron chi connectivity index (χ0n) is 15.1. The van der Waals surface area contributed by atoms with Crippen molar-refractivity contribution in [3.05, 3.63) is 58.9 Å². The molecule has 2 aromatic rings. The number of likely N-dealkylation sites (tertiary alicyclic amines) is 1. The lowest BCUT2D eigenvalue weighted by atomic mass is 9.81. The largest absolute Gasteiger partial charge is 0.489 e. The highest BCUT2D eigenvalue weighted by Gasteiger charge is 2.54. The van der Waals surface area contributed by atoms with Gasteiger partial charge in [-0.25, -0.2) is 0 Å². The van der Waals surface area contributed by atoms with Gasteiger partial charge in [-0.15, -0.1) is 0 Å². The summed E-state index contributed by atoms with van der Waals surface area (Å²) in [6.07, 6.45) is 6.32. The van der Waals surface area contributed by atoms with Crippen molar-refractivity contribution in [2.75, 3.05) is 13.1 Å². The number of aliphatic carboxylic acids is 1. The number of halogens is 1. The Labute approximate surface area is 163 Å². The third-order valence-electron chi connectivity index (χ3n) is 5.90. The summed E-state index contributed by atoms with van der Waals surface area (Å²) >= 11 is 6.21. The molecule has 0 amide bonds. The molecule has 1 aromatic carbocycles. The topological polar surface area (TPSA) is 62.7 Å². The van der Waals surface area contributed by atoms with E-state index in [0.29, 0.717) is 24.7 Å². The van der Waals surface area contributed by atoms with E-state index < -0.39 is 11.4 Å². The minimum absolute atomic E-state index is 0.244. The molecule has 0 bridgehead atoms. The Bertz CT molecular complexity index is 829. The molecule has 0 spiro atoms. The Morgan fingerprint density at radius 3 is 3.04 bits per heavy atom. The van der Waals surface area contributed by atoms with Crippen LogP contribution in [0.3, 0.4) is 0 Å². The van der Waals surface area contributed by atoms with Crippen LogP contribution < -0.4 is 4.74 Å². The van der Waals surface area contributed by atoms with E-state index in [1.54, 1.807) is 12.4 Å². The lowest BCUT2D eigenvalue weighted by molar-refractivity contribution is -0.149. The van der Waals surface area contributed by atoms with Crippen molar-refractivity contribution < 1.29 is 14.6 Å². The van der Waals surface area contributed by atoms with E-state index in [-0.39, 0.29) is 5.92 Å². The molecular weight excluding hydrogens is 364 g/mol. The Balaban J connectivity index is 1.49. The van der Waals surface area contributed by atoms with Crippen LogP contribution in [-0.2, 0) is 17.9 Å². The Hall–Kier alpha value is -2.11. The van der Waals surface area contributed by atoms with Gasteiger partial charge < -0.3 is 9.84 Å². The Morgan fingerprint density at radius 2 is 2.30 bits per heavy atom. The summed E-state index contributed by atoms with van der Waals surface area (Å²) in [4.78, 5) is 18.3. The van der Waals surface area contributed by atoms with Gasteiger partial charge in [-0.05, 0) is 43.0 Å². The monoisotopic (exact) mass is 386 g/mol. The van der Waals surface area contributed by atoms with Gasteiger partial charge in [0, 0.05) is 48.2 Å². The van der Waals surface area contributed by atoms with Gasteiger partial charge in [0.15, 0.2) is 0 Å². The number of carboxylic acid groups (broad SMARTS) is 1. The van der Waals surface area contributed by atoms with Crippen LogP contribution in [0.2, 0.25) is 5.02 Å². The van der Waals surface area contributed by atoms with Crippen LogP contribution in [0, 0.1) is 11.3 Å². The zero-order valence-corrected chi connectivity index (χ0v) is 15.9. The number of benzene rings is 1. The molecule has 1 aliphatic carbocycles. The van der Waals surface area contributed by atoms with E-state index in [9.17, 15) is 9.90 Å². The number of pyridine rings is 1. The predicted octanol–water partition coefficient (Wildman–Crippen LogP) is 4.00. The molecule has 2 heterocycles. The summed E-state index contributed by atoms with van der Waals surface area (Å²) in [6.45, 7) is 2.50. The van der Waals surface area contributed by atoms with E-state index in [1.165, 1.54) is 0 Å². The van der Waals surface area contributed by atoms with Crippen molar-refractivity contribution in [2.45, 2.75) is 32.4 Å². The maximum absolute atomic E-state index is 11.9. The summed E-state index contributed by atoms with van der Waals surface area (Å²) in [5.41, 5.74) is 1.42. The third-order valence-corrected chi connectivity index (χ3v) is 6.14. The average Bonchev–Trinajstić information content (AvgIpc) is 3.20. The number of rotatable bonds is 6. The van der Waals surface area contributed by atoms with Crippen molar-refractivity contribution in [1.82, 2.24) is 9.88 Å². The minimum atomic E-state index is -0.647. The van der Waals surface area contributed by atoms with E-state index in [4.69, 9.17) is 16.3 Å². The fourth-order valence-electron chi connectivity index (χ4n) is 4.56. The molecule has 4 rings (SSSR count). The summed E-state index contributed by atoms with van der Waals surface area (Å²) in [7, 11) is 0. The highest BCUT2D eigenvalue weighted by atomic mass is 35.5. The van der Waals surface area contributed by atoms with Crippen LogP contribution >= 0.6 is 11.6 Å². The lowest BCUT2D eigenvalue weighted by Gasteiger charge is -2.24. The molecule has 1 saturated heterocycles. The van der Waals surface area contributed by atoms with Crippen LogP contribution in [0.5, 0.6) is 5.75 Å². The van der Waals surface area contributed by atoms with Crippen molar-refractivity contribution in [3.63, 3.8) is 0 Å². The lowest BCUT2D eigenvalue weighted by Crippen LogP contribution is -2.35. The SMILES string of the molecule is O=C(O)[C@@]12CCC[C@H]1CN(Cc1cc(Cl)ccc1OCc1cccnc1)C2. The molecule has 5 nitrogen and oxygen atoms in total. The normalized spacial score (nSPS) is 24.7. The summed E-state index contributed by atoms with van der Waals surface area (Å²) in [6, 6.07) is 9.48. The minimum Gasteiger partial charge on any atom is -0.489 e. The van der Waals surface area contributed by atoms with Gasteiger partial charge in [0.05, 0.1) is 5.41 Å². The van der Waals surface area contributed by atoms with Gasteiger partial charge in [-0.3, -0.25) is 14.7 Å². The van der Waals surface area contributed by atoms with Gasteiger partial charge in [-0.1, -0.05) is 24.1 Å². The van der Waals surface area contributed by atoms with E-state index in [0.717, 1.165) is 42.7 Å². The van der Waals surface area contributed by atoms with Gasteiger partial charge in [-0.2, -0.15) is 0 Å². The van der Waals surface area contributed by atoms with Crippen molar-refractivity contribution in [1.29, 1.82) is 0 Å². The van der Waals surface area contributed by atoms with Crippen LogP contribution in [0.25, 0.3) is 0 Å². The first kappa shape index (κ1) is 18.3. The number of hydrogen-bond acceptors (Lipinski definition) is 4. The molecule has 27 heavy (non-hydrogen) atoms. The second kappa shape index (κ2) is 7.49. The van der Waals surface area contributed by atoms with Crippen LogP contribution in [0.1, 0.15) is 30.4 Å². The summed E-state index contributed by atoms with van der Waals surface area (Å²) in [5, 5.41) is 10.4. The highest BCUT2D eigenvalue weighted by Crippen LogP contribution is 2.49. The maximum atomic E-state index is 11.9. The Morgan fingerprint density at radius 1 is 1.41 bits per heavy atom. The van der Waals surface area contributed by atoms with Gasteiger partial charge >= 0.3 is 5.97 Å². The summed E-state index contributed by atoms with van der Waals surface area (Å²) < 4.78 is 6.01. The van der Waals surface area contributed by atoms with E-state index in [2.05, 4.69) is 9.88 Å². The second-order valence-corrected chi connectivity index (χ2v) is 8.06. The first-order chi connectivity index (χ1) is 13.1. The number of fused-ring (bicyclic) bond motifs is 1. The molecule has 142 valence electrons. The smallest absolute Gasteiger partial charge is 0.311 e. The van der Waals surface area contributed by atoms with Gasteiger partial charge in [0.25, 0.3) is 0 Å². The molecule has 6 heteroatoms. The maximum Gasteiger partial charge on any atom is 0.311 e. The standard InChI is InChI=1S/C21H23ClN2O3/c22-18-5-6-19(27-13-15-3-2-8-23-10-15)16(9-18)11-24-12-17-4-1-7-21(17,14-24)20(25)26/h2-3,5-6,8-10,17H,1,4,7,11-14H2,(H,25,26)/t17-,21+/m0/s1. The molecule has 1 aliphatic heterocycles. The number of ether oxygens (including phenoxy) is 1. The third kappa shape index (κ3) is 3.66. The predicted molar refractivity (Wildman–Crippen MR) is 103 cm³/mol. The molecule has 2 aliphatic rings. The number of nitrogens with zero attached hydrogens (tertiary/aromatic N) is 2. The molecule has 1 aromatic heterocycles. The zero-order chi connectivity index (χ0) is 18.9. The number of carbonyl (C=O) groups is 1. The quantitative estimate of drug-likeness (QED) is 0.812. The molecule has 1 N–H and O–H groups in total. The van der Waals surface area contributed by atoms with Crippen LogP contribution in [-0.4, -0.2) is 34.0 Å². The molecular formula is C21H23ClN2O3. The first-order valence-corrected chi connectivity index (χ1v) is 9.70. The van der Waals surface area contributed by atoms with Crippen molar-refractivity contribution >= 4 is 17.6 Å². The molecule has 2 atom stereocenters. The van der Waals surface area contributed by atoms with Gasteiger partial charge in [0.2, 0.25) is 0 Å². The molecule has 1 saturated carbocycles. The highest BCUT2D eigenvalue weighted by molar-refractivity contribution is 6.30. The van der Waals surface area contributed by atoms with Crippen LogP contribution in [0.15, 0.2) is 42.7 Å². The van der Waals surface area contributed by atoms with E-state index in [1.807, 2.05) is 30.3 Å². The van der Waals surface area contributed by atoms with Crippen molar-refractivity contribution in [2.24, 2.45) is 11.3 Å². The number of carboxylic acids is 1. The molecule has 2 fully saturated rings. The summed E-state index contributed by atoms with van der Waals surface area (Å²) in [5.74, 6) is 0.380. The number of hydrogen-bond donors (Lipinski definition) is 1. The number of aromatic nitrogens is 1. The Kier molecular flexibility index (Phi) is 5.06. The molecule has 0 radical (unpaired) electrons. The average molecular weight is 387 g/mol. The first-order valence-electron chi connectivity index (χ1n) is 9.33. The fraction of sp³-hybridized carbons (Fsp3) is 0.429. The molecule has 0 unspecified atom stereocenters. The second-order valence-electron chi connectivity index (χ2n) is 7.62. The van der Waals surface area contributed by atoms with E-state index >= 15 is 0 Å². The van der Waals surface area contributed by atoms with Crippen molar-refractivity contribution in [3.8, 4) is 5.75 Å². The van der Waals surface area contributed by atoms with Crippen LogP contribution in [0.4, 0.5) is 0 Å². The van der Waals surface area contributed by atoms with Gasteiger partial charge in [0.1, 0.15) is 12.4 Å².